The van der Waals surface area contributed by atoms with E-state index in [1.807, 2.05) is 62.1 Å². The zero-order valence-electron chi connectivity index (χ0n) is 17.2. The number of likely N-dealkylation sites (tertiary alicyclic amines) is 1. The third-order valence-corrected chi connectivity index (χ3v) is 5.56. The van der Waals surface area contributed by atoms with E-state index in [9.17, 15) is 9.59 Å². The first-order valence-corrected chi connectivity index (χ1v) is 10.1. The standard InChI is InChI=1S/C24H27N3O2/c1-16(2)23(28)26-22-14-21(7-4-17(22)3)24(29)27-12-10-20(11-13-27)19-8-5-18(15-25)6-9-19/h4-9,14,16,20H,10-13H2,1-3H3,(H,26,28). The third kappa shape index (κ3) is 4.83. The fourth-order valence-electron chi connectivity index (χ4n) is 3.60. The molecular formula is C24H27N3O2. The molecular weight excluding hydrogens is 362 g/mol. The highest BCUT2D eigenvalue weighted by Gasteiger charge is 2.25. The average Bonchev–Trinajstić information content (AvgIpc) is 2.75. The van der Waals surface area contributed by atoms with Crippen LogP contribution in [0, 0.1) is 24.2 Å². The summed E-state index contributed by atoms with van der Waals surface area (Å²) in [5.41, 5.74) is 4.13. The summed E-state index contributed by atoms with van der Waals surface area (Å²) in [6.07, 6.45) is 1.81. The topological polar surface area (TPSA) is 73.2 Å². The monoisotopic (exact) mass is 389 g/mol. The van der Waals surface area contributed by atoms with Crippen molar-refractivity contribution in [2.75, 3.05) is 18.4 Å². The summed E-state index contributed by atoms with van der Waals surface area (Å²) in [5.74, 6) is 0.241. The summed E-state index contributed by atoms with van der Waals surface area (Å²) in [7, 11) is 0. The molecule has 0 spiro atoms. The number of nitrogens with zero attached hydrogens (tertiary/aromatic N) is 2. The zero-order chi connectivity index (χ0) is 21.0. The molecule has 1 aliphatic heterocycles. The molecule has 1 fully saturated rings. The maximum atomic E-state index is 13.0. The van der Waals surface area contributed by atoms with Crippen LogP contribution in [0.5, 0.6) is 0 Å². The van der Waals surface area contributed by atoms with Gasteiger partial charge in [0.25, 0.3) is 5.91 Å². The second kappa shape index (κ2) is 8.91. The average molecular weight is 389 g/mol. The van der Waals surface area contributed by atoms with E-state index in [-0.39, 0.29) is 17.7 Å². The van der Waals surface area contributed by atoms with Gasteiger partial charge in [-0.25, -0.2) is 0 Å². The first kappa shape index (κ1) is 20.6. The minimum absolute atomic E-state index is 0.00308. The van der Waals surface area contributed by atoms with E-state index in [1.165, 1.54) is 5.56 Å². The van der Waals surface area contributed by atoms with E-state index in [4.69, 9.17) is 5.26 Å². The lowest BCUT2D eigenvalue weighted by molar-refractivity contribution is -0.118. The van der Waals surface area contributed by atoms with Crippen LogP contribution in [-0.2, 0) is 4.79 Å². The van der Waals surface area contributed by atoms with E-state index >= 15 is 0 Å². The van der Waals surface area contributed by atoms with Crippen molar-refractivity contribution >= 4 is 17.5 Å². The minimum Gasteiger partial charge on any atom is -0.339 e. The Hall–Kier alpha value is -3.13. The minimum atomic E-state index is -0.116. The summed E-state index contributed by atoms with van der Waals surface area (Å²) in [5, 5.41) is 11.9. The van der Waals surface area contributed by atoms with Crippen molar-refractivity contribution in [3.63, 3.8) is 0 Å². The highest BCUT2D eigenvalue weighted by molar-refractivity contribution is 5.98. The van der Waals surface area contributed by atoms with E-state index in [0.717, 1.165) is 18.4 Å². The van der Waals surface area contributed by atoms with Crippen molar-refractivity contribution in [1.82, 2.24) is 4.90 Å². The van der Waals surface area contributed by atoms with Gasteiger partial charge in [-0.2, -0.15) is 5.26 Å². The van der Waals surface area contributed by atoms with E-state index in [1.54, 1.807) is 6.07 Å². The highest BCUT2D eigenvalue weighted by atomic mass is 16.2. The summed E-state index contributed by atoms with van der Waals surface area (Å²) in [6, 6.07) is 15.4. The number of nitrogens with one attached hydrogen (secondary N) is 1. The number of nitriles is 1. The summed E-state index contributed by atoms with van der Waals surface area (Å²) >= 11 is 0. The fourth-order valence-corrected chi connectivity index (χ4v) is 3.60. The lowest BCUT2D eigenvalue weighted by atomic mass is 9.89. The van der Waals surface area contributed by atoms with Crippen LogP contribution in [0.15, 0.2) is 42.5 Å². The first-order valence-electron chi connectivity index (χ1n) is 10.1. The molecule has 0 bridgehead atoms. The van der Waals surface area contributed by atoms with Gasteiger partial charge in [0.05, 0.1) is 11.6 Å². The molecule has 150 valence electrons. The Morgan fingerprint density at radius 1 is 1.10 bits per heavy atom. The molecule has 5 heteroatoms. The van der Waals surface area contributed by atoms with E-state index in [2.05, 4.69) is 11.4 Å². The summed E-state index contributed by atoms with van der Waals surface area (Å²) in [6.45, 7) is 7.01. The molecule has 1 aliphatic rings. The molecule has 0 atom stereocenters. The Labute approximate surface area is 172 Å². The fraction of sp³-hybridized carbons (Fsp3) is 0.375. The normalized spacial score (nSPS) is 14.5. The second-order valence-electron chi connectivity index (χ2n) is 7.97. The summed E-state index contributed by atoms with van der Waals surface area (Å²) in [4.78, 5) is 26.9. The third-order valence-electron chi connectivity index (χ3n) is 5.56. The second-order valence-corrected chi connectivity index (χ2v) is 7.97. The van der Waals surface area contributed by atoms with Gasteiger partial charge >= 0.3 is 0 Å². The first-order chi connectivity index (χ1) is 13.9. The van der Waals surface area contributed by atoms with Crippen molar-refractivity contribution < 1.29 is 9.59 Å². The van der Waals surface area contributed by atoms with Crippen LogP contribution in [0.1, 0.15) is 59.7 Å². The van der Waals surface area contributed by atoms with Gasteiger partial charge in [-0.3, -0.25) is 9.59 Å². The van der Waals surface area contributed by atoms with Gasteiger partial charge < -0.3 is 10.2 Å². The molecule has 0 radical (unpaired) electrons. The largest absolute Gasteiger partial charge is 0.339 e. The number of hydrogen-bond donors (Lipinski definition) is 1. The van der Waals surface area contributed by atoms with Crippen molar-refractivity contribution in [2.24, 2.45) is 5.92 Å². The SMILES string of the molecule is Cc1ccc(C(=O)N2CCC(c3ccc(C#N)cc3)CC2)cc1NC(=O)C(C)C. The maximum Gasteiger partial charge on any atom is 0.253 e. The molecule has 2 aromatic rings. The molecule has 5 nitrogen and oxygen atoms in total. The Morgan fingerprint density at radius 3 is 2.34 bits per heavy atom. The van der Waals surface area contributed by atoms with Crippen molar-refractivity contribution in [3.05, 3.63) is 64.7 Å². The van der Waals surface area contributed by atoms with Gasteiger partial charge in [-0.05, 0) is 61.1 Å². The smallest absolute Gasteiger partial charge is 0.253 e. The number of aryl methyl sites for hydroxylation is 1. The van der Waals surface area contributed by atoms with Crippen molar-refractivity contribution in [2.45, 2.75) is 39.5 Å². The van der Waals surface area contributed by atoms with Gasteiger partial charge in [0.15, 0.2) is 0 Å². The predicted octanol–water partition coefficient (Wildman–Crippen LogP) is 4.48. The Kier molecular flexibility index (Phi) is 6.33. The number of rotatable bonds is 4. The number of carbonyl (C=O) groups excluding carboxylic acids is 2. The molecule has 2 aromatic carbocycles. The zero-order valence-corrected chi connectivity index (χ0v) is 17.2. The molecule has 1 heterocycles. The van der Waals surface area contributed by atoms with Gasteiger partial charge in [-0.1, -0.05) is 32.0 Å². The number of amides is 2. The lowest BCUT2D eigenvalue weighted by Gasteiger charge is -2.32. The number of anilines is 1. The Bertz CT molecular complexity index is 934. The number of piperidine rings is 1. The van der Waals surface area contributed by atoms with Gasteiger partial charge in [0.2, 0.25) is 5.91 Å². The maximum absolute atomic E-state index is 13.0. The van der Waals surface area contributed by atoms with Crippen LogP contribution in [0.4, 0.5) is 5.69 Å². The Morgan fingerprint density at radius 2 is 1.76 bits per heavy atom. The molecule has 29 heavy (non-hydrogen) atoms. The van der Waals surface area contributed by atoms with Crippen LogP contribution >= 0.6 is 0 Å². The molecule has 0 aliphatic carbocycles. The molecule has 2 amide bonds. The number of benzene rings is 2. The predicted molar refractivity (Wildman–Crippen MR) is 114 cm³/mol. The van der Waals surface area contributed by atoms with Crippen LogP contribution in [0.25, 0.3) is 0 Å². The van der Waals surface area contributed by atoms with Gasteiger partial charge in [-0.15, -0.1) is 0 Å². The molecule has 3 rings (SSSR count). The van der Waals surface area contributed by atoms with Gasteiger partial charge in [0, 0.05) is 30.3 Å². The van der Waals surface area contributed by atoms with Crippen LogP contribution in [-0.4, -0.2) is 29.8 Å². The molecule has 1 saturated heterocycles. The highest BCUT2D eigenvalue weighted by Crippen LogP contribution is 2.29. The molecule has 0 unspecified atom stereocenters. The van der Waals surface area contributed by atoms with Gasteiger partial charge in [0.1, 0.15) is 0 Å². The van der Waals surface area contributed by atoms with E-state index < -0.39 is 0 Å². The quantitative estimate of drug-likeness (QED) is 0.838. The lowest BCUT2D eigenvalue weighted by Crippen LogP contribution is -2.38. The van der Waals surface area contributed by atoms with Crippen LogP contribution in [0.3, 0.4) is 0 Å². The van der Waals surface area contributed by atoms with Crippen LogP contribution < -0.4 is 5.32 Å². The molecule has 0 aromatic heterocycles. The van der Waals surface area contributed by atoms with Crippen LogP contribution in [0.2, 0.25) is 0 Å². The van der Waals surface area contributed by atoms with E-state index in [0.29, 0.717) is 35.8 Å². The van der Waals surface area contributed by atoms with Crippen molar-refractivity contribution in [3.8, 4) is 6.07 Å². The molecule has 0 saturated carbocycles. The Balaban J connectivity index is 1.66. The number of carbonyl (C=O) groups is 2. The summed E-state index contributed by atoms with van der Waals surface area (Å²) < 4.78 is 0. The number of hydrogen-bond acceptors (Lipinski definition) is 3. The molecule has 1 N–H and O–H groups in total. The van der Waals surface area contributed by atoms with Crippen molar-refractivity contribution in [1.29, 1.82) is 5.26 Å².